The van der Waals surface area contributed by atoms with Crippen molar-refractivity contribution >= 4 is 26.8 Å². The van der Waals surface area contributed by atoms with E-state index in [1.807, 2.05) is 36.4 Å². The molecule has 3 aromatic carbocycles. The number of nitrogens with two attached hydrogens (primary N) is 1. The van der Waals surface area contributed by atoms with E-state index in [-0.39, 0.29) is 10.8 Å². The molecule has 0 spiro atoms. The standard InChI is InChI=1S/C25H23N3O4S/c26-33(30,31)23-13-5-18(6-14-23)15-16-27-25(29)20-8-11-22(12-9-20)32-17-21-10-7-19-3-1-2-4-24(19)28-21/h1-14H,15-17H2,(H,27,29)(H2,26,30,31). The lowest BCUT2D eigenvalue weighted by molar-refractivity contribution is 0.0954. The van der Waals surface area contributed by atoms with Crippen LogP contribution in [0.3, 0.4) is 0 Å². The van der Waals surface area contributed by atoms with Gasteiger partial charge in [-0.25, -0.2) is 18.5 Å². The van der Waals surface area contributed by atoms with Gasteiger partial charge in [0.15, 0.2) is 0 Å². The number of carbonyl (C=O) groups excluding carboxylic acids is 1. The molecule has 0 aliphatic rings. The number of pyridine rings is 1. The van der Waals surface area contributed by atoms with Crippen molar-refractivity contribution < 1.29 is 17.9 Å². The lowest BCUT2D eigenvalue weighted by Gasteiger charge is -2.09. The number of amides is 1. The van der Waals surface area contributed by atoms with Gasteiger partial charge in [-0.3, -0.25) is 4.79 Å². The normalized spacial score (nSPS) is 11.3. The van der Waals surface area contributed by atoms with Crippen LogP contribution in [0.4, 0.5) is 0 Å². The number of aromatic nitrogens is 1. The van der Waals surface area contributed by atoms with Gasteiger partial charge in [0.2, 0.25) is 10.0 Å². The molecule has 0 atom stereocenters. The van der Waals surface area contributed by atoms with Gasteiger partial charge in [0.1, 0.15) is 12.4 Å². The molecule has 1 amide bonds. The molecule has 0 unspecified atom stereocenters. The maximum absolute atomic E-state index is 12.4. The van der Waals surface area contributed by atoms with Gasteiger partial charge < -0.3 is 10.1 Å². The van der Waals surface area contributed by atoms with Gasteiger partial charge in [-0.1, -0.05) is 36.4 Å². The summed E-state index contributed by atoms with van der Waals surface area (Å²) in [7, 11) is -3.71. The van der Waals surface area contributed by atoms with Crippen molar-refractivity contribution in [2.75, 3.05) is 6.54 Å². The second-order valence-corrected chi connectivity index (χ2v) is 9.06. The molecule has 0 saturated heterocycles. The van der Waals surface area contributed by atoms with Crippen LogP contribution in [-0.4, -0.2) is 25.9 Å². The molecule has 0 saturated carbocycles. The summed E-state index contributed by atoms with van der Waals surface area (Å²) in [5, 5.41) is 9.03. The maximum Gasteiger partial charge on any atom is 0.251 e. The molecule has 4 rings (SSSR count). The van der Waals surface area contributed by atoms with E-state index in [9.17, 15) is 13.2 Å². The van der Waals surface area contributed by atoms with E-state index in [1.54, 1.807) is 36.4 Å². The minimum absolute atomic E-state index is 0.0639. The summed E-state index contributed by atoms with van der Waals surface area (Å²) in [5.41, 5.74) is 3.17. The fraction of sp³-hybridized carbons (Fsp3) is 0.120. The number of hydrogen-bond acceptors (Lipinski definition) is 5. The zero-order valence-electron chi connectivity index (χ0n) is 17.8. The van der Waals surface area contributed by atoms with Crippen LogP contribution in [0.15, 0.2) is 89.8 Å². The van der Waals surface area contributed by atoms with Crippen molar-refractivity contribution in [1.82, 2.24) is 10.3 Å². The highest BCUT2D eigenvalue weighted by atomic mass is 32.2. The van der Waals surface area contributed by atoms with Crippen molar-refractivity contribution in [3.63, 3.8) is 0 Å². The molecule has 33 heavy (non-hydrogen) atoms. The summed E-state index contributed by atoms with van der Waals surface area (Å²) in [6.07, 6.45) is 0.566. The highest BCUT2D eigenvalue weighted by molar-refractivity contribution is 7.89. The fourth-order valence-corrected chi connectivity index (χ4v) is 3.83. The van der Waals surface area contributed by atoms with Crippen molar-refractivity contribution in [3.05, 3.63) is 102 Å². The first-order chi connectivity index (χ1) is 15.9. The Morgan fingerprint density at radius 2 is 1.64 bits per heavy atom. The Morgan fingerprint density at radius 3 is 2.36 bits per heavy atom. The van der Waals surface area contributed by atoms with Crippen molar-refractivity contribution in [2.24, 2.45) is 5.14 Å². The molecule has 1 heterocycles. The second kappa shape index (κ2) is 9.81. The predicted octanol–water partition coefficient (Wildman–Crippen LogP) is 3.43. The van der Waals surface area contributed by atoms with E-state index < -0.39 is 10.0 Å². The number of ether oxygens (including phenoxy) is 1. The quantitative estimate of drug-likeness (QED) is 0.418. The summed E-state index contributed by atoms with van der Waals surface area (Å²) >= 11 is 0. The number of benzene rings is 3. The molecular formula is C25H23N3O4S. The number of fused-ring (bicyclic) bond motifs is 1. The van der Waals surface area contributed by atoms with E-state index in [4.69, 9.17) is 9.88 Å². The van der Waals surface area contributed by atoms with Crippen LogP contribution < -0.4 is 15.2 Å². The van der Waals surface area contributed by atoms with Crippen LogP contribution in [-0.2, 0) is 23.1 Å². The number of rotatable bonds is 8. The number of hydrogen-bond donors (Lipinski definition) is 2. The summed E-state index contributed by atoms with van der Waals surface area (Å²) in [5.74, 6) is 0.454. The first-order valence-corrected chi connectivity index (χ1v) is 11.9. The molecule has 0 fully saturated rings. The van der Waals surface area contributed by atoms with Gasteiger partial charge in [0.25, 0.3) is 5.91 Å². The van der Waals surface area contributed by atoms with Gasteiger partial charge in [0.05, 0.1) is 16.1 Å². The monoisotopic (exact) mass is 461 g/mol. The van der Waals surface area contributed by atoms with Crippen LogP contribution in [0.2, 0.25) is 0 Å². The number of para-hydroxylation sites is 1. The van der Waals surface area contributed by atoms with Crippen molar-refractivity contribution in [2.45, 2.75) is 17.9 Å². The van der Waals surface area contributed by atoms with Crippen LogP contribution in [0.1, 0.15) is 21.6 Å². The molecule has 0 aliphatic heterocycles. The van der Waals surface area contributed by atoms with E-state index in [0.717, 1.165) is 22.2 Å². The number of nitrogens with zero attached hydrogens (tertiary/aromatic N) is 1. The minimum Gasteiger partial charge on any atom is -0.487 e. The van der Waals surface area contributed by atoms with Crippen LogP contribution >= 0.6 is 0 Å². The first-order valence-electron chi connectivity index (χ1n) is 10.4. The third-order valence-corrected chi connectivity index (χ3v) is 6.04. The van der Waals surface area contributed by atoms with Gasteiger partial charge in [-0.2, -0.15) is 0 Å². The molecule has 0 aliphatic carbocycles. The van der Waals surface area contributed by atoms with E-state index in [2.05, 4.69) is 10.3 Å². The van der Waals surface area contributed by atoms with Crippen LogP contribution in [0.5, 0.6) is 5.75 Å². The van der Waals surface area contributed by atoms with Gasteiger partial charge in [0, 0.05) is 17.5 Å². The van der Waals surface area contributed by atoms with E-state index in [1.165, 1.54) is 12.1 Å². The highest BCUT2D eigenvalue weighted by Crippen LogP contribution is 2.16. The van der Waals surface area contributed by atoms with Crippen LogP contribution in [0, 0.1) is 0 Å². The largest absolute Gasteiger partial charge is 0.487 e. The molecular weight excluding hydrogens is 438 g/mol. The number of carbonyl (C=O) groups is 1. The number of sulfonamides is 1. The number of primary sulfonamides is 1. The lowest BCUT2D eigenvalue weighted by Crippen LogP contribution is -2.25. The molecule has 3 N–H and O–H groups in total. The van der Waals surface area contributed by atoms with Gasteiger partial charge in [-0.15, -0.1) is 0 Å². The summed E-state index contributed by atoms with van der Waals surface area (Å²) in [6, 6.07) is 25.1. The maximum atomic E-state index is 12.4. The Kier molecular flexibility index (Phi) is 6.67. The van der Waals surface area contributed by atoms with Gasteiger partial charge >= 0.3 is 0 Å². The molecule has 7 nitrogen and oxygen atoms in total. The van der Waals surface area contributed by atoms with Crippen molar-refractivity contribution in [3.8, 4) is 5.75 Å². The van der Waals surface area contributed by atoms with Gasteiger partial charge in [-0.05, 0) is 60.5 Å². The third kappa shape index (κ3) is 5.94. The Hall–Kier alpha value is -3.75. The first kappa shape index (κ1) is 22.4. The molecule has 1 aromatic heterocycles. The van der Waals surface area contributed by atoms with E-state index >= 15 is 0 Å². The average molecular weight is 462 g/mol. The summed E-state index contributed by atoms with van der Waals surface area (Å²) in [4.78, 5) is 17.0. The van der Waals surface area contributed by atoms with Crippen LogP contribution in [0.25, 0.3) is 10.9 Å². The number of nitrogens with one attached hydrogen (secondary N) is 1. The molecule has 8 heteroatoms. The highest BCUT2D eigenvalue weighted by Gasteiger charge is 2.08. The third-order valence-electron chi connectivity index (χ3n) is 5.11. The predicted molar refractivity (Wildman–Crippen MR) is 126 cm³/mol. The minimum atomic E-state index is -3.71. The lowest BCUT2D eigenvalue weighted by atomic mass is 10.1. The Labute approximate surface area is 192 Å². The zero-order valence-corrected chi connectivity index (χ0v) is 18.6. The fourth-order valence-electron chi connectivity index (χ4n) is 3.32. The SMILES string of the molecule is NS(=O)(=O)c1ccc(CCNC(=O)c2ccc(OCc3ccc4ccccc4n3)cc2)cc1. The molecule has 0 radical (unpaired) electrons. The Bertz CT molecular complexity index is 1370. The molecule has 4 aromatic rings. The topological polar surface area (TPSA) is 111 Å². The Morgan fingerprint density at radius 1 is 0.909 bits per heavy atom. The smallest absolute Gasteiger partial charge is 0.251 e. The summed E-state index contributed by atoms with van der Waals surface area (Å²) in [6.45, 7) is 0.750. The second-order valence-electron chi connectivity index (χ2n) is 7.50. The molecule has 168 valence electrons. The summed E-state index contributed by atoms with van der Waals surface area (Å²) < 4.78 is 28.4. The average Bonchev–Trinajstić information content (AvgIpc) is 2.82. The van der Waals surface area contributed by atoms with E-state index in [0.29, 0.717) is 30.9 Å². The van der Waals surface area contributed by atoms with Crippen molar-refractivity contribution in [1.29, 1.82) is 0 Å². The zero-order chi connectivity index (χ0) is 23.3. The Balaban J connectivity index is 1.27. The molecule has 0 bridgehead atoms.